The Bertz CT molecular complexity index is 790. The molecule has 0 fully saturated rings. The molecule has 0 amide bonds. The first kappa shape index (κ1) is 17.2. The summed E-state index contributed by atoms with van der Waals surface area (Å²) in [6.07, 6.45) is 1.81. The number of H-pyrrole nitrogens is 2. The minimum absolute atomic E-state index is 0.0449. The molecule has 0 aliphatic rings. The number of hydrogen-bond donors (Lipinski definition) is 5. The van der Waals surface area contributed by atoms with Crippen LogP contribution in [0.4, 0.5) is 17.3 Å². The predicted octanol–water partition coefficient (Wildman–Crippen LogP) is 0.264. The molecule has 8 N–H and O–H groups in total. The van der Waals surface area contributed by atoms with Gasteiger partial charge in [0.05, 0.1) is 0 Å². The fourth-order valence-electron chi connectivity index (χ4n) is 1.61. The Labute approximate surface area is 139 Å². The van der Waals surface area contributed by atoms with E-state index in [0.29, 0.717) is 10.3 Å². The highest BCUT2D eigenvalue weighted by Crippen LogP contribution is 2.18. The molecule has 23 heavy (non-hydrogen) atoms. The maximum absolute atomic E-state index is 11.4. The minimum Gasteiger partial charge on any atom is -0.391 e. The molecule has 2 rings (SSSR count). The zero-order valence-corrected chi connectivity index (χ0v) is 13.8. The summed E-state index contributed by atoms with van der Waals surface area (Å²) in [6, 6.07) is 1.24. The summed E-state index contributed by atoms with van der Waals surface area (Å²) < 4.78 is 0. The first-order valence-electron chi connectivity index (χ1n) is 6.73. The number of unbranched alkanes of at least 4 members (excludes halogenated alkanes) is 1. The predicted molar refractivity (Wildman–Crippen MR) is 93.6 cm³/mol. The number of nitrogen functional groups attached to an aromatic ring is 3. The third-order valence-electron chi connectivity index (χ3n) is 2.72. The van der Waals surface area contributed by atoms with Crippen LogP contribution < -0.4 is 28.3 Å². The molecule has 0 atom stereocenters. The Morgan fingerprint density at radius 1 is 0.957 bits per heavy atom. The summed E-state index contributed by atoms with van der Waals surface area (Å²) >= 11 is 2.84. The van der Waals surface area contributed by atoms with Crippen molar-refractivity contribution in [1.82, 2.24) is 19.9 Å². The molecule has 9 nitrogen and oxygen atoms in total. The number of rotatable bonds is 7. The van der Waals surface area contributed by atoms with Crippen LogP contribution in [0.5, 0.6) is 0 Å². The molecule has 0 aromatic carbocycles. The number of hydrogen-bond acceptors (Lipinski definition) is 9. The van der Waals surface area contributed by atoms with Crippen LogP contribution >= 0.6 is 23.5 Å². The molecule has 124 valence electrons. The lowest BCUT2D eigenvalue weighted by Crippen LogP contribution is -2.16. The molecular formula is C12H17N7O2S2. The quantitative estimate of drug-likeness (QED) is 0.265. The molecule has 2 heterocycles. The van der Waals surface area contributed by atoms with Gasteiger partial charge in [-0.15, -0.1) is 0 Å². The second-order valence-electron chi connectivity index (χ2n) is 4.55. The van der Waals surface area contributed by atoms with Crippen molar-refractivity contribution in [2.24, 2.45) is 0 Å². The molecule has 0 saturated carbocycles. The lowest BCUT2D eigenvalue weighted by atomic mass is 10.4. The first-order valence-corrected chi connectivity index (χ1v) is 8.70. The number of anilines is 3. The van der Waals surface area contributed by atoms with Gasteiger partial charge in [0, 0.05) is 17.6 Å². The van der Waals surface area contributed by atoms with Crippen LogP contribution in [0.25, 0.3) is 0 Å². The molecule has 0 bridgehead atoms. The van der Waals surface area contributed by atoms with E-state index in [1.54, 1.807) is 0 Å². The Kier molecular flexibility index (Phi) is 5.93. The molecule has 11 heteroatoms. The molecule has 0 saturated heterocycles. The van der Waals surface area contributed by atoms with E-state index >= 15 is 0 Å². The second kappa shape index (κ2) is 7.92. The SMILES string of the molecule is Nc1cc(=O)[nH]c(SCCCCSc2nc(N)c(N)c(=O)[nH]2)n1. The van der Waals surface area contributed by atoms with Crippen molar-refractivity contribution >= 4 is 40.8 Å². The summed E-state index contributed by atoms with van der Waals surface area (Å²) in [5, 5.41) is 0.969. The molecule has 2 aromatic heterocycles. The van der Waals surface area contributed by atoms with E-state index in [9.17, 15) is 9.59 Å². The zero-order chi connectivity index (χ0) is 16.8. The third-order valence-corrected chi connectivity index (χ3v) is 4.64. The number of thioether (sulfide) groups is 2. The van der Waals surface area contributed by atoms with Crippen molar-refractivity contribution in [2.45, 2.75) is 23.2 Å². The van der Waals surface area contributed by atoms with Crippen molar-refractivity contribution in [1.29, 1.82) is 0 Å². The minimum atomic E-state index is -0.424. The molecule has 0 unspecified atom stereocenters. The van der Waals surface area contributed by atoms with Crippen LogP contribution in [-0.2, 0) is 0 Å². The van der Waals surface area contributed by atoms with E-state index < -0.39 is 5.56 Å². The van der Waals surface area contributed by atoms with E-state index in [0.717, 1.165) is 24.3 Å². The van der Waals surface area contributed by atoms with Crippen molar-refractivity contribution < 1.29 is 0 Å². The van der Waals surface area contributed by atoms with Gasteiger partial charge < -0.3 is 22.2 Å². The van der Waals surface area contributed by atoms with Crippen LogP contribution in [0.3, 0.4) is 0 Å². The normalized spacial score (nSPS) is 10.8. The van der Waals surface area contributed by atoms with Gasteiger partial charge >= 0.3 is 0 Å². The van der Waals surface area contributed by atoms with Gasteiger partial charge in [0.15, 0.2) is 16.1 Å². The molecule has 2 aromatic rings. The van der Waals surface area contributed by atoms with Gasteiger partial charge in [0.2, 0.25) is 0 Å². The Balaban J connectivity index is 1.72. The van der Waals surface area contributed by atoms with Crippen LogP contribution in [0, 0.1) is 0 Å². The summed E-state index contributed by atoms with van der Waals surface area (Å²) in [4.78, 5) is 35.9. The first-order chi connectivity index (χ1) is 11.0. The van der Waals surface area contributed by atoms with Crippen molar-refractivity contribution in [3.63, 3.8) is 0 Å². The average molecular weight is 355 g/mol. The lowest BCUT2D eigenvalue weighted by Gasteiger charge is -2.04. The maximum Gasteiger partial charge on any atom is 0.276 e. The lowest BCUT2D eigenvalue weighted by molar-refractivity contribution is 0.886. The molecule has 0 aliphatic carbocycles. The highest BCUT2D eigenvalue weighted by atomic mass is 32.2. The zero-order valence-electron chi connectivity index (χ0n) is 12.2. The molecule has 0 aliphatic heterocycles. The van der Waals surface area contributed by atoms with Crippen molar-refractivity contribution in [2.75, 3.05) is 28.7 Å². The fourth-order valence-corrected chi connectivity index (χ4v) is 3.36. The van der Waals surface area contributed by atoms with E-state index in [1.807, 2.05) is 0 Å². The average Bonchev–Trinajstić information content (AvgIpc) is 2.47. The molecule has 0 spiro atoms. The number of nitrogens with one attached hydrogen (secondary N) is 2. The van der Waals surface area contributed by atoms with E-state index in [1.165, 1.54) is 29.6 Å². The highest BCUT2D eigenvalue weighted by Gasteiger charge is 2.05. The third kappa shape index (κ3) is 5.21. The van der Waals surface area contributed by atoms with E-state index in [2.05, 4.69) is 19.9 Å². The Hall–Kier alpha value is -2.14. The Morgan fingerprint density at radius 3 is 2.13 bits per heavy atom. The van der Waals surface area contributed by atoms with E-state index in [-0.39, 0.29) is 22.9 Å². The molecular weight excluding hydrogens is 338 g/mol. The number of aromatic nitrogens is 4. The standard InChI is InChI=1S/C12H17N7O2S2/c13-6-5-7(20)17-11(16-6)22-3-1-2-4-23-12-18-9(15)8(14)10(21)19-12/h5H,1-4,14H2,(H3,13,16,17,20)(H3,15,18,19,21). The van der Waals surface area contributed by atoms with E-state index in [4.69, 9.17) is 17.2 Å². The van der Waals surface area contributed by atoms with Crippen LogP contribution in [0.15, 0.2) is 26.0 Å². The number of nitrogens with zero attached hydrogens (tertiary/aromatic N) is 2. The second-order valence-corrected chi connectivity index (χ2v) is 6.72. The van der Waals surface area contributed by atoms with Gasteiger partial charge in [-0.25, -0.2) is 9.97 Å². The van der Waals surface area contributed by atoms with Gasteiger partial charge in [-0.2, -0.15) is 0 Å². The van der Waals surface area contributed by atoms with Crippen LogP contribution in [-0.4, -0.2) is 31.4 Å². The molecule has 0 radical (unpaired) electrons. The van der Waals surface area contributed by atoms with Gasteiger partial charge in [-0.1, -0.05) is 23.5 Å². The van der Waals surface area contributed by atoms with Crippen LogP contribution in [0.2, 0.25) is 0 Å². The smallest absolute Gasteiger partial charge is 0.276 e. The van der Waals surface area contributed by atoms with Gasteiger partial charge in [-0.3, -0.25) is 14.6 Å². The topological polar surface area (TPSA) is 170 Å². The fraction of sp³-hybridized carbons (Fsp3) is 0.333. The Morgan fingerprint density at radius 2 is 1.57 bits per heavy atom. The summed E-state index contributed by atoms with van der Waals surface area (Å²) in [7, 11) is 0. The summed E-state index contributed by atoms with van der Waals surface area (Å²) in [5.74, 6) is 1.82. The highest BCUT2D eigenvalue weighted by molar-refractivity contribution is 7.99. The van der Waals surface area contributed by atoms with Gasteiger partial charge in [-0.05, 0) is 12.8 Å². The monoisotopic (exact) mass is 355 g/mol. The van der Waals surface area contributed by atoms with Crippen molar-refractivity contribution in [3.05, 3.63) is 26.8 Å². The number of nitrogens with two attached hydrogens (primary N) is 3. The number of aromatic amines is 2. The summed E-state index contributed by atoms with van der Waals surface area (Å²) in [5.41, 5.74) is 15.7. The van der Waals surface area contributed by atoms with Crippen LogP contribution in [0.1, 0.15) is 12.8 Å². The maximum atomic E-state index is 11.4. The summed E-state index contributed by atoms with van der Waals surface area (Å²) in [6.45, 7) is 0. The largest absolute Gasteiger partial charge is 0.391 e. The van der Waals surface area contributed by atoms with Gasteiger partial charge in [0.25, 0.3) is 11.1 Å². The van der Waals surface area contributed by atoms with Gasteiger partial charge in [0.1, 0.15) is 11.5 Å². The van der Waals surface area contributed by atoms with Crippen molar-refractivity contribution in [3.8, 4) is 0 Å².